The van der Waals surface area contributed by atoms with Gasteiger partial charge in [-0.15, -0.1) is 0 Å². The first kappa shape index (κ1) is 15.4. The maximum absolute atomic E-state index is 13.7. The zero-order valence-electron chi connectivity index (χ0n) is 11.5. The Balaban J connectivity index is 2.23. The number of nitrogens with zero attached hydrogens (tertiary/aromatic N) is 1. The fourth-order valence-electron chi connectivity index (χ4n) is 1.97. The summed E-state index contributed by atoms with van der Waals surface area (Å²) in [6.45, 7) is 3.48. The third-order valence-corrected chi connectivity index (χ3v) is 3.58. The summed E-state index contributed by atoms with van der Waals surface area (Å²) in [7, 11) is 0. The van der Waals surface area contributed by atoms with Gasteiger partial charge in [-0.2, -0.15) is 0 Å². The summed E-state index contributed by atoms with van der Waals surface area (Å²) in [5.41, 5.74) is 1.72. The van der Waals surface area contributed by atoms with E-state index in [1.165, 1.54) is 12.1 Å². The minimum atomic E-state index is -0.457. The van der Waals surface area contributed by atoms with Crippen molar-refractivity contribution >= 4 is 21.6 Å². The molecule has 0 spiro atoms. The lowest BCUT2D eigenvalue weighted by Gasteiger charge is -2.11. The minimum Gasteiger partial charge on any atom is -0.488 e. The number of nitro groups is 1. The van der Waals surface area contributed by atoms with E-state index in [9.17, 15) is 14.5 Å². The molecule has 0 unspecified atom stereocenters. The molecule has 0 saturated heterocycles. The molecule has 0 bridgehead atoms. The van der Waals surface area contributed by atoms with Gasteiger partial charge in [-0.05, 0) is 37.6 Å². The molecule has 0 atom stereocenters. The van der Waals surface area contributed by atoms with Crippen molar-refractivity contribution in [2.45, 2.75) is 20.5 Å². The predicted molar refractivity (Wildman–Crippen MR) is 81.0 cm³/mol. The molecule has 6 heteroatoms. The van der Waals surface area contributed by atoms with Crippen molar-refractivity contribution in [3.05, 3.63) is 67.4 Å². The summed E-state index contributed by atoms with van der Waals surface area (Å²) >= 11 is 3.18. The first-order chi connectivity index (χ1) is 9.88. The average molecular weight is 354 g/mol. The van der Waals surface area contributed by atoms with Gasteiger partial charge in [0.25, 0.3) is 5.69 Å². The average Bonchev–Trinajstić information content (AvgIpc) is 2.39. The number of nitro benzene ring substituents is 1. The van der Waals surface area contributed by atoms with Crippen molar-refractivity contribution < 1.29 is 14.1 Å². The van der Waals surface area contributed by atoms with E-state index in [2.05, 4.69) is 15.9 Å². The molecule has 2 aromatic carbocycles. The van der Waals surface area contributed by atoms with Crippen LogP contribution in [0.25, 0.3) is 0 Å². The molecular weight excluding hydrogens is 341 g/mol. The van der Waals surface area contributed by atoms with Gasteiger partial charge in [0, 0.05) is 15.6 Å². The monoisotopic (exact) mass is 353 g/mol. The Kier molecular flexibility index (Phi) is 4.57. The molecule has 4 nitrogen and oxygen atoms in total. The largest absolute Gasteiger partial charge is 0.488 e. The van der Waals surface area contributed by atoms with E-state index in [4.69, 9.17) is 4.74 Å². The van der Waals surface area contributed by atoms with Crippen molar-refractivity contribution in [1.82, 2.24) is 0 Å². The fraction of sp³-hybridized carbons (Fsp3) is 0.200. The maximum atomic E-state index is 13.7. The highest BCUT2D eigenvalue weighted by Crippen LogP contribution is 2.29. The topological polar surface area (TPSA) is 52.4 Å². The molecule has 110 valence electrons. The lowest BCUT2D eigenvalue weighted by molar-refractivity contribution is -0.385. The van der Waals surface area contributed by atoms with Crippen LogP contribution in [-0.2, 0) is 6.61 Å². The van der Waals surface area contributed by atoms with Crippen LogP contribution in [0.4, 0.5) is 10.1 Å². The van der Waals surface area contributed by atoms with Gasteiger partial charge in [-0.25, -0.2) is 4.39 Å². The number of ether oxygens (including phenoxy) is 1. The number of rotatable bonds is 4. The highest BCUT2D eigenvalue weighted by molar-refractivity contribution is 9.10. The van der Waals surface area contributed by atoms with E-state index < -0.39 is 4.92 Å². The maximum Gasteiger partial charge on any atom is 0.276 e. The van der Waals surface area contributed by atoms with E-state index in [0.717, 1.165) is 5.56 Å². The molecule has 0 aromatic heterocycles. The molecule has 0 aliphatic heterocycles. The van der Waals surface area contributed by atoms with E-state index >= 15 is 0 Å². The molecule has 2 rings (SSSR count). The van der Waals surface area contributed by atoms with E-state index in [1.807, 2.05) is 0 Å². The molecular formula is C15H13BrFNO3. The number of benzene rings is 2. The molecule has 0 saturated carbocycles. The van der Waals surface area contributed by atoms with Crippen LogP contribution in [0.2, 0.25) is 0 Å². The van der Waals surface area contributed by atoms with Crippen molar-refractivity contribution in [2.75, 3.05) is 0 Å². The number of hydrogen-bond acceptors (Lipinski definition) is 3. The van der Waals surface area contributed by atoms with Crippen molar-refractivity contribution in [2.24, 2.45) is 0 Å². The molecule has 0 aliphatic carbocycles. The standard InChI is InChI=1S/C15H13BrFNO3/c1-9-5-10(2)15(7-14(9)18(19)20)21-8-11-3-4-12(16)6-13(11)17/h3-7H,8H2,1-2H3. The third-order valence-electron chi connectivity index (χ3n) is 3.09. The van der Waals surface area contributed by atoms with Crippen molar-refractivity contribution in [1.29, 1.82) is 0 Å². The first-order valence-corrected chi connectivity index (χ1v) is 7.00. The van der Waals surface area contributed by atoms with Crippen LogP contribution in [0.1, 0.15) is 16.7 Å². The van der Waals surface area contributed by atoms with Gasteiger partial charge in [0.2, 0.25) is 0 Å². The van der Waals surface area contributed by atoms with E-state index in [1.54, 1.807) is 32.0 Å². The van der Waals surface area contributed by atoms with Gasteiger partial charge in [-0.1, -0.05) is 22.0 Å². The quantitative estimate of drug-likeness (QED) is 0.591. The molecule has 0 fully saturated rings. The third kappa shape index (κ3) is 3.58. The molecule has 21 heavy (non-hydrogen) atoms. The first-order valence-electron chi connectivity index (χ1n) is 6.21. The highest BCUT2D eigenvalue weighted by Gasteiger charge is 2.15. The van der Waals surface area contributed by atoms with Crippen molar-refractivity contribution in [3.8, 4) is 5.75 Å². The van der Waals surface area contributed by atoms with Gasteiger partial charge in [0.05, 0.1) is 11.0 Å². The summed E-state index contributed by atoms with van der Waals surface area (Å²) in [4.78, 5) is 10.5. The minimum absolute atomic E-state index is 0.00752. The molecule has 0 heterocycles. The van der Waals surface area contributed by atoms with Gasteiger partial charge in [-0.3, -0.25) is 10.1 Å². The predicted octanol–water partition coefficient (Wildman–Crippen LogP) is 4.69. The fourth-order valence-corrected chi connectivity index (χ4v) is 2.30. The van der Waals surface area contributed by atoms with Gasteiger partial charge >= 0.3 is 0 Å². The van der Waals surface area contributed by atoms with Gasteiger partial charge in [0.15, 0.2) is 0 Å². The SMILES string of the molecule is Cc1cc(C)c([N+](=O)[O-])cc1OCc1ccc(Br)cc1F. The molecule has 0 radical (unpaired) electrons. The summed E-state index contributed by atoms with van der Waals surface area (Å²) < 4.78 is 19.9. The summed E-state index contributed by atoms with van der Waals surface area (Å²) in [6.07, 6.45) is 0. The number of halogens is 2. The Morgan fingerprint density at radius 3 is 2.57 bits per heavy atom. The summed E-state index contributed by atoms with van der Waals surface area (Å²) in [5, 5.41) is 10.9. The normalized spacial score (nSPS) is 10.5. The second kappa shape index (κ2) is 6.22. The molecule has 0 aliphatic rings. The Morgan fingerprint density at radius 2 is 1.95 bits per heavy atom. The van der Waals surface area contributed by atoms with Crippen LogP contribution < -0.4 is 4.74 Å². The highest BCUT2D eigenvalue weighted by atomic mass is 79.9. The lowest BCUT2D eigenvalue weighted by Crippen LogP contribution is -2.01. The van der Waals surface area contributed by atoms with Crippen LogP contribution in [-0.4, -0.2) is 4.92 Å². The van der Waals surface area contributed by atoms with Crippen LogP contribution in [0, 0.1) is 29.8 Å². The Morgan fingerprint density at radius 1 is 1.24 bits per heavy atom. The summed E-state index contributed by atoms with van der Waals surface area (Å²) in [6, 6.07) is 7.74. The molecule has 2 aromatic rings. The van der Waals surface area contributed by atoms with E-state index in [-0.39, 0.29) is 18.1 Å². The second-order valence-electron chi connectivity index (χ2n) is 4.69. The van der Waals surface area contributed by atoms with Crippen molar-refractivity contribution in [3.63, 3.8) is 0 Å². The number of hydrogen-bond donors (Lipinski definition) is 0. The molecule has 0 amide bonds. The number of aryl methyl sites for hydroxylation is 2. The Bertz CT molecular complexity index is 704. The van der Waals surface area contributed by atoms with Crippen LogP contribution in [0.15, 0.2) is 34.8 Å². The Labute approximate surface area is 129 Å². The van der Waals surface area contributed by atoms with Crippen LogP contribution in [0.5, 0.6) is 5.75 Å². The van der Waals surface area contributed by atoms with Gasteiger partial charge < -0.3 is 4.74 Å². The van der Waals surface area contributed by atoms with Gasteiger partial charge in [0.1, 0.15) is 18.2 Å². The van der Waals surface area contributed by atoms with E-state index in [0.29, 0.717) is 21.3 Å². The zero-order valence-corrected chi connectivity index (χ0v) is 13.1. The summed E-state index contributed by atoms with van der Waals surface area (Å²) in [5.74, 6) is -0.00161. The van der Waals surface area contributed by atoms with Crippen LogP contribution in [0.3, 0.4) is 0 Å². The smallest absolute Gasteiger partial charge is 0.276 e. The Hall–Kier alpha value is -1.95. The lowest BCUT2D eigenvalue weighted by atomic mass is 10.1. The molecule has 0 N–H and O–H groups in total. The second-order valence-corrected chi connectivity index (χ2v) is 5.60. The van der Waals surface area contributed by atoms with Crippen LogP contribution >= 0.6 is 15.9 Å². The zero-order chi connectivity index (χ0) is 15.6.